The summed E-state index contributed by atoms with van der Waals surface area (Å²) in [5.41, 5.74) is 3.08. The number of hydrogen-bond acceptors (Lipinski definition) is 8. The number of amides is 2. The zero-order valence-electron chi connectivity index (χ0n) is 24.4. The highest BCUT2D eigenvalue weighted by Gasteiger charge is 2.42. The van der Waals surface area contributed by atoms with E-state index in [0.717, 1.165) is 29.2 Å². The largest absolute Gasteiger partial charge is 0.497 e. The fourth-order valence-corrected chi connectivity index (χ4v) is 5.95. The van der Waals surface area contributed by atoms with E-state index in [1.54, 1.807) is 24.1 Å². The second-order valence-electron chi connectivity index (χ2n) is 11.4. The van der Waals surface area contributed by atoms with Crippen molar-refractivity contribution in [2.75, 3.05) is 51.9 Å². The monoisotopic (exact) mass is 602 g/mol. The molecule has 222 valence electrons. The first-order chi connectivity index (χ1) is 19.3. The number of nitrogens with zero attached hydrogens (tertiary/aromatic N) is 2. The van der Waals surface area contributed by atoms with Gasteiger partial charge in [-0.25, -0.2) is 0 Å². The van der Waals surface area contributed by atoms with Gasteiger partial charge in [0.25, 0.3) is 21.9 Å². The molecule has 2 aliphatic heterocycles. The van der Waals surface area contributed by atoms with Gasteiger partial charge in [0.05, 0.1) is 38.3 Å². The van der Waals surface area contributed by atoms with Crippen LogP contribution in [-0.4, -0.2) is 86.2 Å². The first kappa shape index (κ1) is 30.8. The second kappa shape index (κ2) is 12.4. The smallest absolute Gasteiger partial charge is 0.264 e. The summed E-state index contributed by atoms with van der Waals surface area (Å²) in [7, 11) is -1.92. The van der Waals surface area contributed by atoms with Gasteiger partial charge in [0, 0.05) is 27.6 Å². The number of anilines is 1. The average molecular weight is 603 g/mol. The Morgan fingerprint density at radius 3 is 2.32 bits per heavy atom. The number of benzene rings is 2. The Morgan fingerprint density at radius 1 is 1.00 bits per heavy atom. The second-order valence-corrected chi connectivity index (χ2v) is 18.6. The number of rotatable bonds is 12. The van der Waals surface area contributed by atoms with Crippen molar-refractivity contribution in [1.82, 2.24) is 4.90 Å². The molecule has 0 saturated heterocycles. The summed E-state index contributed by atoms with van der Waals surface area (Å²) in [6.45, 7) is 7.38. The quantitative estimate of drug-likeness (QED) is 0.205. The van der Waals surface area contributed by atoms with Gasteiger partial charge in [0.15, 0.2) is 0 Å². The zero-order valence-corrected chi connectivity index (χ0v) is 26.2. The lowest BCUT2D eigenvalue weighted by molar-refractivity contribution is -0.122. The van der Waals surface area contributed by atoms with Crippen LogP contribution in [0, 0.1) is 0 Å². The molecule has 0 bridgehead atoms. The maximum absolute atomic E-state index is 14.1. The van der Waals surface area contributed by atoms with Gasteiger partial charge < -0.3 is 19.1 Å². The zero-order chi connectivity index (χ0) is 29.9. The molecule has 12 heteroatoms. The number of ether oxygens (including phenoxy) is 3. The van der Waals surface area contributed by atoms with E-state index in [4.69, 9.17) is 18.4 Å². The minimum atomic E-state index is -3.63. The Labute approximate surface area is 243 Å². The Balaban J connectivity index is 1.71. The molecule has 0 spiro atoms. The van der Waals surface area contributed by atoms with Crippen LogP contribution in [0.4, 0.5) is 5.69 Å². The lowest BCUT2D eigenvalue weighted by Crippen LogP contribution is -2.45. The van der Waals surface area contributed by atoms with Gasteiger partial charge in [-0.2, -0.15) is 8.42 Å². The normalized spacial score (nSPS) is 17.2. The van der Waals surface area contributed by atoms with Crippen molar-refractivity contribution >= 4 is 41.3 Å². The predicted octanol–water partition coefficient (Wildman–Crippen LogP) is 3.79. The molecule has 41 heavy (non-hydrogen) atoms. The van der Waals surface area contributed by atoms with Gasteiger partial charge in [-0.05, 0) is 53.1 Å². The standard InChI is InChI=1S/C29H38N2O8SSi/c1-36-23-9-7-20(8-10-23)22-16-26-29(33)31(19-38-13-14-41(4,5)6)25-15-21(11-12-39-40(3,34)35)27(37-2)17-24(25)28(32)30(26)18-22/h7-10,15-17,26H,11-14,18-19H2,1-6H3/t26-/m0/s1. The van der Waals surface area contributed by atoms with Crippen LogP contribution in [0.1, 0.15) is 21.5 Å². The maximum Gasteiger partial charge on any atom is 0.264 e. The van der Waals surface area contributed by atoms with E-state index < -0.39 is 24.2 Å². The highest BCUT2D eigenvalue weighted by atomic mass is 32.2. The molecule has 0 unspecified atom stereocenters. The molecule has 4 rings (SSSR count). The summed E-state index contributed by atoms with van der Waals surface area (Å²) in [5, 5.41) is 0. The van der Waals surface area contributed by atoms with E-state index in [2.05, 4.69) is 19.6 Å². The minimum Gasteiger partial charge on any atom is -0.497 e. The van der Waals surface area contributed by atoms with Crippen molar-refractivity contribution < 1.29 is 36.4 Å². The van der Waals surface area contributed by atoms with E-state index in [1.807, 2.05) is 30.3 Å². The Morgan fingerprint density at radius 2 is 1.71 bits per heavy atom. The molecule has 10 nitrogen and oxygen atoms in total. The first-order valence-corrected chi connectivity index (χ1v) is 18.9. The molecule has 0 aromatic heterocycles. The van der Waals surface area contributed by atoms with Crippen LogP contribution in [0.5, 0.6) is 11.5 Å². The third-order valence-corrected chi connectivity index (χ3v) is 9.38. The van der Waals surface area contributed by atoms with E-state index in [1.165, 1.54) is 12.0 Å². The molecule has 0 radical (unpaired) electrons. The van der Waals surface area contributed by atoms with E-state index in [0.29, 0.717) is 29.2 Å². The molecule has 0 N–H and O–H groups in total. The van der Waals surface area contributed by atoms with Crippen molar-refractivity contribution in [1.29, 1.82) is 0 Å². The van der Waals surface area contributed by atoms with Crippen LogP contribution in [-0.2, 0) is 30.3 Å². The summed E-state index contributed by atoms with van der Waals surface area (Å²) in [4.78, 5) is 31.1. The molecule has 1 atom stereocenters. The minimum absolute atomic E-state index is 0.0226. The van der Waals surface area contributed by atoms with E-state index in [9.17, 15) is 18.0 Å². The molecular formula is C29H38N2O8SSi. The summed E-state index contributed by atoms with van der Waals surface area (Å²) in [6.07, 6.45) is 3.02. The molecular weight excluding hydrogens is 564 g/mol. The molecule has 0 saturated carbocycles. The van der Waals surface area contributed by atoms with Gasteiger partial charge in [0.2, 0.25) is 0 Å². The Hall–Kier alpha value is -3.19. The van der Waals surface area contributed by atoms with Gasteiger partial charge >= 0.3 is 0 Å². The van der Waals surface area contributed by atoms with Crippen LogP contribution in [0.3, 0.4) is 0 Å². The molecule has 0 fully saturated rings. The molecule has 2 heterocycles. The lowest BCUT2D eigenvalue weighted by Gasteiger charge is -2.26. The molecule has 0 aliphatic carbocycles. The summed E-state index contributed by atoms with van der Waals surface area (Å²) < 4.78 is 44.8. The fourth-order valence-electron chi connectivity index (χ4n) is 4.81. The number of carbonyl (C=O) groups is 2. The van der Waals surface area contributed by atoms with Crippen LogP contribution >= 0.6 is 0 Å². The average Bonchev–Trinajstić information content (AvgIpc) is 3.34. The summed E-state index contributed by atoms with van der Waals surface area (Å²) in [6, 6.07) is 10.9. The number of fused-ring (bicyclic) bond motifs is 2. The van der Waals surface area contributed by atoms with Gasteiger partial charge in [0.1, 0.15) is 24.3 Å². The van der Waals surface area contributed by atoms with Crippen LogP contribution < -0.4 is 14.4 Å². The fraction of sp³-hybridized carbons (Fsp3) is 0.448. The summed E-state index contributed by atoms with van der Waals surface area (Å²) >= 11 is 0. The highest BCUT2D eigenvalue weighted by Crippen LogP contribution is 2.38. The number of carbonyl (C=O) groups excluding carboxylic acids is 2. The third kappa shape index (κ3) is 7.37. The first-order valence-electron chi connectivity index (χ1n) is 13.4. The van der Waals surface area contributed by atoms with E-state index in [-0.39, 0.29) is 38.1 Å². The van der Waals surface area contributed by atoms with Crippen LogP contribution in [0.15, 0.2) is 42.5 Å². The van der Waals surface area contributed by atoms with Crippen molar-refractivity contribution in [2.45, 2.75) is 38.1 Å². The van der Waals surface area contributed by atoms with Gasteiger partial charge in [-0.1, -0.05) is 31.8 Å². The number of methoxy groups -OCH3 is 2. The molecule has 2 aromatic rings. The van der Waals surface area contributed by atoms with Gasteiger partial charge in [-0.3, -0.25) is 18.7 Å². The molecule has 2 aliphatic rings. The van der Waals surface area contributed by atoms with Gasteiger partial charge in [-0.15, -0.1) is 0 Å². The van der Waals surface area contributed by atoms with Crippen molar-refractivity contribution in [2.24, 2.45) is 0 Å². The predicted molar refractivity (Wildman–Crippen MR) is 160 cm³/mol. The Bertz CT molecular complexity index is 1430. The molecule has 2 aromatic carbocycles. The highest BCUT2D eigenvalue weighted by molar-refractivity contribution is 7.85. The van der Waals surface area contributed by atoms with Crippen molar-refractivity contribution in [3.05, 3.63) is 59.2 Å². The lowest BCUT2D eigenvalue weighted by atomic mass is 10.0. The SMILES string of the molecule is COc1ccc(C2=C[C@H]3C(=O)N(COCC[Si](C)(C)C)c4cc(CCOS(C)(=O)=O)c(OC)cc4C(=O)N3C2)cc1. The molecule has 2 amide bonds. The number of hydrogen-bond donors (Lipinski definition) is 0. The van der Waals surface area contributed by atoms with Crippen LogP contribution in [0.2, 0.25) is 25.7 Å². The summed E-state index contributed by atoms with van der Waals surface area (Å²) in [5.74, 6) is 0.536. The van der Waals surface area contributed by atoms with Crippen molar-refractivity contribution in [3.8, 4) is 11.5 Å². The Kier molecular flexibility index (Phi) is 9.27. The third-order valence-electron chi connectivity index (χ3n) is 7.08. The van der Waals surface area contributed by atoms with Crippen molar-refractivity contribution in [3.63, 3.8) is 0 Å². The van der Waals surface area contributed by atoms with Crippen LogP contribution in [0.25, 0.3) is 5.57 Å². The topological polar surface area (TPSA) is 112 Å². The van der Waals surface area contributed by atoms with E-state index >= 15 is 0 Å². The maximum atomic E-state index is 14.1.